The SMILES string of the molecule is Nc1c(C(=O)O)cnc(-c2cc(OCc3ccccc3)cc3ccccc23)c1F. The van der Waals surface area contributed by atoms with Crippen LogP contribution >= 0.6 is 0 Å². The van der Waals surface area contributed by atoms with E-state index >= 15 is 0 Å². The third-order valence-corrected chi connectivity index (χ3v) is 4.63. The molecule has 0 atom stereocenters. The van der Waals surface area contributed by atoms with Gasteiger partial charge in [0.1, 0.15) is 23.6 Å². The molecule has 0 bridgehead atoms. The number of fused-ring (bicyclic) bond motifs is 1. The zero-order valence-electron chi connectivity index (χ0n) is 15.3. The van der Waals surface area contributed by atoms with Gasteiger partial charge in [-0.25, -0.2) is 9.18 Å². The van der Waals surface area contributed by atoms with Crippen molar-refractivity contribution in [2.45, 2.75) is 6.61 Å². The molecule has 3 N–H and O–H groups in total. The molecule has 5 nitrogen and oxygen atoms in total. The van der Waals surface area contributed by atoms with E-state index in [0.717, 1.165) is 22.5 Å². The number of pyridine rings is 1. The molecule has 0 unspecified atom stereocenters. The number of hydrogen-bond acceptors (Lipinski definition) is 4. The van der Waals surface area contributed by atoms with Crippen molar-refractivity contribution in [1.82, 2.24) is 4.98 Å². The van der Waals surface area contributed by atoms with Crippen molar-refractivity contribution in [2.75, 3.05) is 5.73 Å². The third kappa shape index (κ3) is 3.60. The zero-order chi connectivity index (χ0) is 20.4. The fourth-order valence-corrected chi connectivity index (χ4v) is 3.16. The van der Waals surface area contributed by atoms with Crippen LogP contribution in [0.1, 0.15) is 15.9 Å². The Morgan fingerprint density at radius 1 is 1.07 bits per heavy atom. The van der Waals surface area contributed by atoms with Gasteiger partial charge in [-0.05, 0) is 28.5 Å². The minimum atomic E-state index is -1.33. The topological polar surface area (TPSA) is 85.4 Å². The summed E-state index contributed by atoms with van der Waals surface area (Å²) >= 11 is 0. The Kier molecular flexibility index (Phi) is 4.83. The molecule has 0 aliphatic heterocycles. The normalized spacial score (nSPS) is 10.8. The van der Waals surface area contributed by atoms with Gasteiger partial charge in [0.2, 0.25) is 0 Å². The molecule has 3 aromatic carbocycles. The van der Waals surface area contributed by atoms with Gasteiger partial charge in [0.15, 0.2) is 5.82 Å². The van der Waals surface area contributed by atoms with E-state index in [0.29, 0.717) is 17.9 Å². The lowest BCUT2D eigenvalue weighted by atomic mass is 10.00. The monoisotopic (exact) mass is 388 g/mol. The van der Waals surface area contributed by atoms with Crippen molar-refractivity contribution in [3.05, 3.63) is 89.9 Å². The maximum atomic E-state index is 14.9. The predicted octanol–water partition coefficient (Wildman–Crippen LogP) is 4.90. The lowest BCUT2D eigenvalue weighted by molar-refractivity contribution is 0.0697. The quantitative estimate of drug-likeness (QED) is 0.508. The number of anilines is 1. The van der Waals surface area contributed by atoms with Crippen LogP contribution in [0.2, 0.25) is 0 Å². The Morgan fingerprint density at radius 2 is 1.79 bits per heavy atom. The highest BCUT2D eigenvalue weighted by molar-refractivity contribution is 5.99. The number of aromatic nitrogens is 1. The Hall–Kier alpha value is -3.93. The van der Waals surface area contributed by atoms with Gasteiger partial charge in [-0.3, -0.25) is 4.98 Å². The maximum absolute atomic E-state index is 14.9. The van der Waals surface area contributed by atoms with Crippen LogP contribution in [-0.2, 0) is 6.61 Å². The molecule has 0 saturated carbocycles. The van der Waals surface area contributed by atoms with E-state index in [1.807, 2.05) is 60.7 Å². The molecule has 1 heterocycles. The number of carbonyl (C=O) groups is 1. The summed E-state index contributed by atoms with van der Waals surface area (Å²) in [6, 6.07) is 20.7. The molecule has 4 rings (SSSR count). The second kappa shape index (κ2) is 7.59. The first-order chi connectivity index (χ1) is 14.0. The first-order valence-electron chi connectivity index (χ1n) is 8.91. The predicted molar refractivity (Wildman–Crippen MR) is 109 cm³/mol. The number of aromatic carboxylic acids is 1. The lowest BCUT2D eigenvalue weighted by Crippen LogP contribution is -2.07. The number of rotatable bonds is 5. The summed E-state index contributed by atoms with van der Waals surface area (Å²) in [6.45, 7) is 0.356. The van der Waals surface area contributed by atoms with E-state index in [4.69, 9.17) is 15.6 Å². The van der Waals surface area contributed by atoms with E-state index in [1.54, 1.807) is 6.07 Å². The van der Waals surface area contributed by atoms with Crippen LogP contribution in [0.5, 0.6) is 5.75 Å². The number of benzene rings is 3. The average Bonchev–Trinajstić information content (AvgIpc) is 2.74. The van der Waals surface area contributed by atoms with Crippen molar-refractivity contribution in [3.8, 4) is 17.0 Å². The molecule has 4 aromatic rings. The molecular weight excluding hydrogens is 371 g/mol. The number of hydrogen-bond donors (Lipinski definition) is 2. The summed E-state index contributed by atoms with van der Waals surface area (Å²) in [5, 5.41) is 10.7. The zero-order valence-corrected chi connectivity index (χ0v) is 15.3. The van der Waals surface area contributed by atoms with Crippen molar-refractivity contribution in [1.29, 1.82) is 0 Å². The van der Waals surface area contributed by atoms with Crippen molar-refractivity contribution in [2.24, 2.45) is 0 Å². The Balaban J connectivity index is 1.81. The van der Waals surface area contributed by atoms with Crippen molar-refractivity contribution in [3.63, 3.8) is 0 Å². The van der Waals surface area contributed by atoms with E-state index in [2.05, 4.69) is 4.98 Å². The van der Waals surface area contributed by atoms with Gasteiger partial charge in [0, 0.05) is 11.8 Å². The number of carboxylic acids is 1. The number of nitrogens with two attached hydrogens (primary N) is 1. The van der Waals surface area contributed by atoms with Gasteiger partial charge in [-0.1, -0.05) is 54.6 Å². The number of nitrogen functional groups attached to an aromatic ring is 1. The highest BCUT2D eigenvalue weighted by Crippen LogP contribution is 2.35. The molecule has 0 aliphatic rings. The molecular formula is C23H17FN2O3. The van der Waals surface area contributed by atoms with E-state index in [-0.39, 0.29) is 11.3 Å². The molecule has 0 aliphatic carbocycles. The highest BCUT2D eigenvalue weighted by Gasteiger charge is 2.20. The standard InChI is InChI=1S/C23H17FN2O3/c24-20-21(25)19(23(27)28)12-26-22(20)18-11-16(10-15-8-4-5-9-17(15)18)29-13-14-6-2-1-3-7-14/h1-12H,13H2,(H2,25,26)(H,27,28). The first kappa shape index (κ1) is 18.4. The molecule has 29 heavy (non-hydrogen) atoms. The summed E-state index contributed by atoms with van der Waals surface area (Å²) < 4.78 is 20.8. The third-order valence-electron chi connectivity index (χ3n) is 4.63. The Bertz CT molecular complexity index is 1210. The molecule has 0 saturated heterocycles. The van der Waals surface area contributed by atoms with Crippen molar-refractivity contribution < 1.29 is 19.0 Å². The Morgan fingerprint density at radius 3 is 2.55 bits per heavy atom. The second-order valence-corrected chi connectivity index (χ2v) is 6.52. The second-order valence-electron chi connectivity index (χ2n) is 6.52. The molecule has 6 heteroatoms. The molecule has 0 fully saturated rings. The van der Waals surface area contributed by atoms with Crippen LogP contribution in [-0.4, -0.2) is 16.1 Å². The Labute approximate surface area is 166 Å². The molecule has 144 valence electrons. The summed E-state index contributed by atoms with van der Waals surface area (Å²) in [7, 11) is 0. The van der Waals surface area contributed by atoms with Gasteiger partial charge in [-0.2, -0.15) is 0 Å². The number of ether oxygens (including phenoxy) is 1. The molecule has 0 spiro atoms. The van der Waals surface area contributed by atoms with Gasteiger partial charge >= 0.3 is 5.97 Å². The van der Waals surface area contributed by atoms with Crippen molar-refractivity contribution >= 4 is 22.4 Å². The van der Waals surface area contributed by atoms with Crippen LogP contribution in [0.4, 0.5) is 10.1 Å². The van der Waals surface area contributed by atoms with Gasteiger partial charge < -0.3 is 15.6 Å². The maximum Gasteiger partial charge on any atom is 0.339 e. The molecule has 1 aromatic heterocycles. The van der Waals surface area contributed by atoms with E-state index in [1.165, 1.54) is 0 Å². The van der Waals surface area contributed by atoms with Crippen LogP contribution in [0.25, 0.3) is 22.0 Å². The van der Waals surface area contributed by atoms with Crippen LogP contribution in [0.3, 0.4) is 0 Å². The fourth-order valence-electron chi connectivity index (χ4n) is 3.16. The van der Waals surface area contributed by atoms with E-state index < -0.39 is 17.5 Å². The van der Waals surface area contributed by atoms with E-state index in [9.17, 15) is 9.18 Å². The number of carboxylic acid groups (broad SMARTS) is 1. The fraction of sp³-hybridized carbons (Fsp3) is 0.0435. The van der Waals surface area contributed by atoms with Crippen LogP contribution in [0.15, 0.2) is 72.9 Å². The molecule has 0 amide bonds. The average molecular weight is 388 g/mol. The number of halogens is 1. The minimum Gasteiger partial charge on any atom is -0.489 e. The molecule has 0 radical (unpaired) electrons. The smallest absolute Gasteiger partial charge is 0.339 e. The largest absolute Gasteiger partial charge is 0.489 e. The minimum absolute atomic E-state index is 0.0196. The van der Waals surface area contributed by atoms with Gasteiger partial charge in [0.25, 0.3) is 0 Å². The summed E-state index contributed by atoms with van der Waals surface area (Å²) in [5.41, 5.74) is 6.36. The summed E-state index contributed by atoms with van der Waals surface area (Å²) in [6.07, 6.45) is 1.07. The van der Waals surface area contributed by atoms with Crippen LogP contribution < -0.4 is 10.5 Å². The van der Waals surface area contributed by atoms with Crippen LogP contribution in [0, 0.1) is 5.82 Å². The highest BCUT2D eigenvalue weighted by atomic mass is 19.1. The number of nitrogens with zero attached hydrogens (tertiary/aromatic N) is 1. The lowest BCUT2D eigenvalue weighted by Gasteiger charge is -2.13. The van der Waals surface area contributed by atoms with Gasteiger partial charge in [-0.15, -0.1) is 0 Å². The first-order valence-corrected chi connectivity index (χ1v) is 8.91. The summed E-state index contributed by atoms with van der Waals surface area (Å²) in [5.74, 6) is -1.65. The van der Waals surface area contributed by atoms with Gasteiger partial charge in [0.05, 0.1) is 5.69 Å². The summed E-state index contributed by atoms with van der Waals surface area (Å²) in [4.78, 5) is 15.3.